The number of carbonyl (C=O) groups excluding carboxylic acids is 1. The molecule has 0 spiro atoms. The highest BCUT2D eigenvalue weighted by Crippen LogP contribution is 2.31. The Kier molecular flexibility index (Phi) is 7.79. The van der Waals surface area contributed by atoms with Gasteiger partial charge < -0.3 is 15.1 Å². The van der Waals surface area contributed by atoms with Gasteiger partial charge in [0.1, 0.15) is 5.69 Å². The smallest absolute Gasteiger partial charge is 0.292 e. The van der Waals surface area contributed by atoms with Crippen LogP contribution in [-0.2, 0) is 11.3 Å². The maximum atomic E-state index is 12.5. The number of anilines is 1. The van der Waals surface area contributed by atoms with E-state index >= 15 is 0 Å². The van der Waals surface area contributed by atoms with E-state index in [1.165, 1.54) is 11.6 Å². The third kappa shape index (κ3) is 6.03. The summed E-state index contributed by atoms with van der Waals surface area (Å²) in [6.45, 7) is 3.80. The predicted octanol–water partition coefficient (Wildman–Crippen LogP) is 3.45. The first-order valence-corrected chi connectivity index (χ1v) is 10.5. The SMILES string of the molecule is CN(CCCNC(=O)C1CCN(c2ccccc2[N+](=O)[O-])CC1)Cc1ccccc1. The number of piperidine rings is 1. The fourth-order valence-corrected chi connectivity index (χ4v) is 3.95. The maximum Gasteiger partial charge on any atom is 0.292 e. The number of para-hydroxylation sites is 2. The van der Waals surface area contributed by atoms with Crippen molar-refractivity contribution in [3.63, 3.8) is 0 Å². The van der Waals surface area contributed by atoms with E-state index in [-0.39, 0.29) is 22.4 Å². The molecule has 30 heavy (non-hydrogen) atoms. The molecule has 0 unspecified atom stereocenters. The summed E-state index contributed by atoms with van der Waals surface area (Å²) >= 11 is 0. The molecule has 2 aromatic carbocycles. The van der Waals surface area contributed by atoms with Crippen molar-refractivity contribution in [3.8, 4) is 0 Å². The third-order valence-corrected chi connectivity index (χ3v) is 5.60. The molecule has 1 aliphatic heterocycles. The minimum Gasteiger partial charge on any atom is -0.366 e. The Morgan fingerprint density at radius 3 is 2.50 bits per heavy atom. The van der Waals surface area contributed by atoms with Crippen LogP contribution in [-0.4, -0.2) is 49.0 Å². The van der Waals surface area contributed by atoms with Crippen LogP contribution in [0.25, 0.3) is 0 Å². The highest BCUT2D eigenvalue weighted by molar-refractivity contribution is 5.79. The van der Waals surface area contributed by atoms with E-state index in [9.17, 15) is 14.9 Å². The van der Waals surface area contributed by atoms with E-state index < -0.39 is 0 Å². The number of hydrogen-bond acceptors (Lipinski definition) is 5. The van der Waals surface area contributed by atoms with Crippen molar-refractivity contribution in [2.75, 3.05) is 38.1 Å². The molecular formula is C23H30N4O3. The molecule has 0 bridgehead atoms. The van der Waals surface area contributed by atoms with Gasteiger partial charge in [-0.05, 0) is 44.5 Å². The molecule has 3 rings (SSSR count). The van der Waals surface area contributed by atoms with Gasteiger partial charge in [-0.2, -0.15) is 0 Å². The second-order valence-corrected chi connectivity index (χ2v) is 7.88. The van der Waals surface area contributed by atoms with Gasteiger partial charge in [0, 0.05) is 38.2 Å². The van der Waals surface area contributed by atoms with Crippen LogP contribution in [0.3, 0.4) is 0 Å². The monoisotopic (exact) mass is 410 g/mol. The Bertz CT molecular complexity index is 835. The maximum absolute atomic E-state index is 12.5. The van der Waals surface area contributed by atoms with Crippen LogP contribution >= 0.6 is 0 Å². The molecule has 0 atom stereocenters. The van der Waals surface area contributed by atoms with Crippen molar-refractivity contribution in [1.82, 2.24) is 10.2 Å². The fourth-order valence-electron chi connectivity index (χ4n) is 3.95. The molecule has 1 aliphatic rings. The van der Waals surface area contributed by atoms with Crippen molar-refractivity contribution < 1.29 is 9.72 Å². The molecule has 0 aliphatic carbocycles. The zero-order valence-electron chi connectivity index (χ0n) is 17.5. The van der Waals surface area contributed by atoms with Gasteiger partial charge >= 0.3 is 0 Å². The van der Waals surface area contributed by atoms with Crippen molar-refractivity contribution in [2.45, 2.75) is 25.8 Å². The van der Waals surface area contributed by atoms with Gasteiger partial charge in [0.15, 0.2) is 0 Å². The molecule has 1 fully saturated rings. The molecule has 0 saturated carbocycles. The van der Waals surface area contributed by atoms with Crippen LogP contribution in [0.5, 0.6) is 0 Å². The topological polar surface area (TPSA) is 78.7 Å². The Morgan fingerprint density at radius 2 is 1.80 bits per heavy atom. The van der Waals surface area contributed by atoms with E-state index in [1.807, 2.05) is 29.2 Å². The largest absolute Gasteiger partial charge is 0.366 e. The number of amides is 1. The molecule has 7 nitrogen and oxygen atoms in total. The lowest BCUT2D eigenvalue weighted by molar-refractivity contribution is -0.384. The molecular weight excluding hydrogens is 380 g/mol. The van der Waals surface area contributed by atoms with Crippen molar-refractivity contribution >= 4 is 17.3 Å². The van der Waals surface area contributed by atoms with E-state index in [2.05, 4.69) is 29.4 Å². The number of rotatable bonds is 9. The van der Waals surface area contributed by atoms with Crippen molar-refractivity contribution in [1.29, 1.82) is 0 Å². The lowest BCUT2D eigenvalue weighted by atomic mass is 9.95. The first kappa shape index (κ1) is 21.8. The molecule has 1 N–H and O–H groups in total. The number of nitrogens with one attached hydrogen (secondary N) is 1. The highest BCUT2D eigenvalue weighted by Gasteiger charge is 2.27. The average Bonchev–Trinajstić information content (AvgIpc) is 2.77. The minimum atomic E-state index is -0.344. The minimum absolute atomic E-state index is 0.0222. The second-order valence-electron chi connectivity index (χ2n) is 7.88. The molecule has 7 heteroatoms. The predicted molar refractivity (Wildman–Crippen MR) is 118 cm³/mol. The first-order chi connectivity index (χ1) is 14.5. The quantitative estimate of drug-likeness (QED) is 0.389. The molecule has 0 aromatic heterocycles. The van der Waals surface area contributed by atoms with Crippen LogP contribution in [0.2, 0.25) is 0 Å². The van der Waals surface area contributed by atoms with E-state index in [0.29, 0.717) is 38.2 Å². The third-order valence-electron chi connectivity index (χ3n) is 5.60. The van der Waals surface area contributed by atoms with E-state index in [4.69, 9.17) is 0 Å². The van der Waals surface area contributed by atoms with Gasteiger partial charge in [-0.3, -0.25) is 14.9 Å². The average molecular weight is 411 g/mol. The number of nitrogens with zero attached hydrogens (tertiary/aromatic N) is 3. The summed E-state index contributed by atoms with van der Waals surface area (Å²) < 4.78 is 0. The van der Waals surface area contributed by atoms with Gasteiger partial charge in [-0.1, -0.05) is 42.5 Å². The number of hydrogen-bond donors (Lipinski definition) is 1. The number of nitro groups is 1. The summed E-state index contributed by atoms with van der Waals surface area (Å²) in [6.07, 6.45) is 2.34. The Labute approximate surface area is 177 Å². The van der Waals surface area contributed by atoms with Gasteiger partial charge in [0.25, 0.3) is 5.69 Å². The highest BCUT2D eigenvalue weighted by atomic mass is 16.6. The Balaban J connectivity index is 1.37. The molecule has 2 aromatic rings. The summed E-state index contributed by atoms with van der Waals surface area (Å²) in [5.41, 5.74) is 2.05. The molecule has 0 radical (unpaired) electrons. The van der Waals surface area contributed by atoms with Crippen LogP contribution in [0.4, 0.5) is 11.4 Å². The van der Waals surface area contributed by atoms with Crippen LogP contribution in [0.15, 0.2) is 54.6 Å². The zero-order valence-corrected chi connectivity index (χ0v) is 17.5. The lowest BCUT2D eigenvalue weighted by Crippen LogP contribution is -2.41. The number of nitro benzene ring substituents is 1. The van der Waals surface area contributed by atoms with E-state index in [0.717, 1.165) is 19.5 Å². The number of carbonyl (C=O) groups is 1. The number of benzene rings is 2. The van der Waals surface area contributed by atoms with E-state index in [1.54, 1.807) is 12.1 Å². The van der Waals surface area contributed by atoms with Crippen LogP contribution in [0, 0.1) is 16.0 Å². The van der Waals surface area contributed by atoms with Crippen molar-refractivity contribution in [2.24, 2.45) is 5.92 Å². The standard InChI is InChI=1S/C23H30N4O3/c1-25(18-19-8-3-2-4-9-19)15-7-14-24-23(28)20-12-16-26(17-13-20)21-10-5-6-11-22(21)27(29)30/h2-6,8-11,20H,7,12-18H2,1H3,(H,24,28). The normalized spacial score (nSPS) is 14.7. The second kappa shape index (κ2) is 10.7. The summed E-state index contributed by atoms with van der Waals surface area (Å²) in [5, 5.41) is 14.3. The van der Waals surface area contributed by atoms with Crippen LogP contribution < -0.4 is 10.2 Å². The van der Waals surface area contributed by atoms with Gasteiger partial charge in [-0.25, -0.2) is 0 Å². The first-order valence-electron chi connectivity index (χ1n) is 10.5. The Morgan fingerprint density at radius 1 is 1.13 bits per heavy atom. The molecule has 160 valence electrons. The Hall–Kier alpha value is -2.93. The zero-order chi connectivity index (χ0) is 21.3. The lowest BCUT2D eigenvalue weighted by Gasteiger charge is -2.32. The van der Waals surface area contributed by atoms with Gasteiger partial charge in [0.2, 0.25) is 5.91 Å². The molecule has 1 saturated heterocycles. The van der Waals surface area contributed by atoms with Gasteiger partial charge in [0.05, 0.1) is 4.92 Å². The fraction of sp³-hybridized carbons (Fsp3) is 0.435. The summed E-state index contributed by atoms with van der Waals surface area (Å²) in [4.78, 5) is 27.7. The molecule has 1 amide bonds. The molecule has 1 heterocycles. The van der Waals surface area contributed by atoms with Crippen LogP contribution in [0.1, 0.15) is 24.8 Å². The summed E-state index contributed by atoms with van der Waals surface area (Å²) in [6, 6.07) is 17.2. The van der Waals surface area contributed by atoms with Gasteiger partial charge in [-0.15, -0.1) is 0 Å². The summed E-state index contributed by atoms with van der Waals surface area (Å²) in [5.74, 6) is 0.0778. The van der Waals surface area contributed by atoms with Crippen molar-refractivity contribution in [3.05, 3.63) is 70.3 Å². The summed E-state index contributed by atoms with van der Waals surface area (Å²) in [7, 11) is 2.09.